The zero-order chi connectivity index (χ0) is 14.6. The number of rotatable bonds is 5. The normalized spacial score (nSPS) is 26.8. The molecule has 19 heavy (non-hydrogen) atoms. The fourth-order valence-corrected chi connectivity index (χ4v) is 3.15. The second-order valence-corrected chi connectivity index (χ2v) is 6.30. The van der Waals surface area contributed by atoms with Gasteiger partial charge in [-0.05, 0) is 47.5 Å². The summed E-state index contributed by atoms with van der Waals surface area (Å²) in [5.74, 6) is 2.27. The fraction of sp³-hybridized carbons (Fsp3) is 0.556. The monoisotopic (exact) mass is 276 g/mol. The smallest absolute Gasteiger partial charge is 0.00986 e. The maximum atomic E-state index is 4.78. The Labute approximate surface area is 124 Å². The molecule has 0 nitrogen and oxygen atoms in total. The maximum Gasteiger partial charge on any atom is -0.00986 e. The van der Waals surface area contributed by atoms with Crippen molar-refractivity contribution in [3.8, 4) is 0 Å². The van der Waals surface area contributed by atoms with E-state index in [9.17, 15) is 0 Å². The summed E-state index contributed by atoms with van der Waals surface area (Å²) in [7, 11) is 0. The first-order valence-corrected chi connectivity index (χ1v) is 7.77. The van der Waals surface area contributed by atoms with Crippen LogP contribution in [0.3, 0.4) is 0 Å². The van der Waals surface area contributed by atoms with Gasteiger partial charge in [0.1, 0.15) is 0 Å². The highest BCUT2D eigenvalue weighted by molar-refractivity contribution is 7.84. The Morgan fingerprint density at radius 1 is 1.26 bits per heavy atom. The SMILES string of the molecule is C=C(CC)/C(C)=C(\S)C(C)C(C)C1C=CC=CC1C. The topological polar surface area (TPSA) is 0 Å². The lowest BCUT2D eigenvalue weighted by atomic mass is 9.74. The minimum Gasteiger partial charge on any atom is -0.147 e. The molecular weight excluding hydrogens is 248 g/mol. The molecule has 0 saturated carbocycles. The highest BCUT2D eigenvalue weighted by Gasteiger charge is 2.27. The molecule has 1 heteroatoms. The van der Waals surface area contributed by atoms with Gasteiger partial charge < -0.3 is 0 Å². The summed E-state index contributed by atoms with van der Waals surface area (Å²) in [4.78, 5) is 1.20. The molecule has 0 aliphatic heterocycles. The van der Waals surface area contributed by atoms with Crippen LogP contribution >= 0.6 is 12.6 Å². The molecule has 4 unspecified atom stereocenters. The van der Waals surface area contributed by atoms with Gasteiger partial charge in [0.05, 0.1) is 0 Å². The van der Waals surface area contributed by atoms with Crippen LogP contribution in [0.5, 0.6) is 0 Å². The molecule has 1 aliphatic rings. The molecule has 106 valence electrons. The number of hydrogen-bond donors (Lipinski definition) is 1. The van der Waals surface area contributed by atoms with Gasteiger partial charge in [-0.15, -0.1) is 12.6 Å². The first-order chi connectivity index (χ1) is 8.90. The van der Waals surface area contributed by atoms with Gasteiger partial charge in [-0.1, -0.05) is 64.2 Å². The van der Waals surface area contributed by atoms with Crippen molar-refractivity contribution in [3.05, 3.63) is 46.9 Å². The lowest BCUT2D eigenvalue weighted by Gasteiger charge is -2.32. The van der Waals surface area contributed by atoms with Crippen LogP contribution in [0.2, 0.25) is 0 Å². The van der Waals surface area contributed by atoms with E-state index in [1.807, 2.05) is 0 Å². The van der Waals surface area contributed by atoms with Crippen LogP contribution in [0.4, 0.5) is 0 Å². The van der Waals surface area contributed by atoms with E-state index in [0.29, 0.717) is 23.7 Å². The third-order valence-electron chi connectivity index (χ3n) is 4.63. The van der Waals surface area contributed by atoms with Crippen LogP contribution < -0.4 is 0 Å². The number of allylic oxidation sites excluding steroid dienone is 7. The molecule has 0 aromatic rings. The van der Waals surface area contributed by atoms with Crippen LogP contribution in [0, 0.1) is 23.7 Å². The Bertz CT molecular complexity index is 411. The van der Waals surface area contributed by atoms with Crippen molar-refractivity contribution in [2.45, 2.75) is 41.0 Å². The summed E-state index contributed by atoms with van der Waals surface area (Å²) in [5, 5.41) is 0. The van der Waals surface area contributed by atoms with Gasteiger partial charge in [0.15, 0.2) is 0 Å². The van der Waals surface area contributed by atoms with Crippen LogP contribution in [0.15, 0.2) is 46.9 Å². The predicted octanol–water partition coefficient (Wildman–Crippen LogP) is 5.81. The largest absolute Gasteiger partial charge is 0.147 e. The van der Waals surface area contributed by atoms with E-state index in [4.69, 9.17) is 12.6 Å². The third kappa shape index (κ3) is 3.89. The van der Waals surface area contributed by atoms with Crippen molar-refractivity contribution in [2.24, 2.45) is 23.7 Å². The summed E-state index contributed by atoms with van der Waals surface area (Å²) in [6.45, 7) is 15.4. The standard InChI is InChI=1S/C18H28S/c1-7-12(2)14(4)18(19)16(6)15(5)17-11-9-8-10-13(17)3/h8-11,13,15-17,19H,2,7H2,1,3-6H3/b18-14-. The molecule has 0 bridgehead atoms. The maximum absolute atomic E-state index is 4.78. The van der Waals surface area contributed by atoms with E-state index in [0.717, 1.165) is 6.42 Å². The third-order valence-corrected chi connectivity index (χ3v) is 5.38. The average Bonchev–Trinajstić information content (AvgIpc) is 2.43. The van der Waals surface area contributed by atoms with E-state index in [-0.39, 0.29) is 0 Å². The highest BCUT2D eigenvalue weighted by Crippen LogP contribution is 2.37. The molecule has 0 heterocycles. The molecule has 0 radical (unpaired) electrons. The summed E-state index contributed by atoms with van der Waals surface area (Å²) >= 11 is 4.78. The summed E-state index contributed by atoms with van der Waals surface area (Å²) in [5.41, 5.74) is 2.48. The summed E-state index contributed by atoms with van der Waals surface area (Å²) < 4.78 is 0. The van der Waals surface area contributed by atoms with Gasteiger partial charge in [-0.25, -0.2) is 0 Å². The Kier molecular flexibility index (Phi) is 6.19. The molecule has 0 N–H and O–H groups in total. The van der Waals surface area contributed by atoms with Gasteiger partial charge in [0.2, 0.25) is 0 Å². The van der Waals surface area contributed by atoms with E-state index in [1.54, 1.807) is 0 Å². The molecule has 0 saturated heterocycles. The van der Waals surface area contributed by atoms with Crippen molar-refractivity contribution in [1.82, 2.24) is 0 Å². The molecule has 0 amide bonds. The Hall–Kier alpha value is -0.690. The van der Waals surface area contributed by atoms with Gasteiger partial charge >= 0.3 is 0 Å². The second kappa shape index (κ2) is 7.19. The molecule has 0 aromatic heterocycles. The molecule has 4 atom stereocenters. The van der Waals surface area contributed by atoms with Crippen molar-refractivity contribution in [3.63, 3.8) is 0 Å². The Morgan fingerprint density at radius 3 is 2.37 bits per heavy atom. The second-order valence-electron chi connectivity index (χ2n) is 5.82. The Balaban J connectivity index is 2.87. The molecule has 1 rings (SSSR count). The molecule has 1 aliphatic carbocycles. The highest BCUT2D eigenvalue weighted by atomic mass is 32.1. The minimum absolute atomic E-state index is 0.468. The van der Waals surface area contributed by atoms with E-state index >= 15 is 0 Å². The quantitative estimate of drug-likeness (QED) is 0.475. The lowest BCUT2D eigenvalue weighted by Crippen LogP contribution is -2.24. The van der Waals surface area contributed by atoms with Crippen molar-refractivity contribution in [1.29, 1.82) is 0 Å². The van der Waals surface area contributed by atoms with Crippen molar-refractivity contribution < 1.29 is 0 Å². The zero-order valence-electron chi connectivity index (χ0n) is 13.0. The Morgan fingerprint density at radius 2 is 1.84 bits per heavy atom. The molecule has 0 fully saturated rings. The fourth-order valence-electron chi connectivity index (χ4n) is 2.76. The summed E-state index contributed by atoms with van der Waals surface area (Å²) in [6, 6.07) is 0. The minimum atomic E-state index is 0.468. The number of hydrogen-bond acceptors (Lipinski definition) is 1. The van der Waals surface area contributed by atoms with Gasteiger partial charge in [-0.2, -0.15) is 0 Å². The van der Waals surface area contributed by atoms with Gasteiger partial charge in [0, 0.05) is 0 Å². The van der Waals surface area contributed by atoms with E-state index in [2.05, 4.69) is 65.5 Å². The number of thiol groups is 1. The van der Waals surface area contributed by atoms with Gasteiger partial charge in [0.25, 0.3) is 0 Å². The van der Waals surface area contributed by atoms with Crippen LogP contribution in [0.25, 0.3) is 0 Å². The van der Waals surface area contributed by atoms with Crippen LogP contribution in [0.1, 0.15) is 41.0 Å². The molecule has 0 aromatic carbocycles. The van der Waals surface area contributed by atoms with Gasteiger partial charge in [-0.3, -0.25) is 0 Å². The van der Waals surface area contributed by atoms with Crippen molar-refractivity contribution >= 4 is 12.6 Å². The van der Waals surface area contributed by atoms with Crippen molar-refractivity contribution in [2.75, 3.05) is 0 Å². The van der Waals surface area contributed by atoms with Crippen LogP contribution in [-0.4, -0.2) is 0 Å². The van der Waals surface area contributed by atoms with E-state index in [1.165, 1.54) is 16.1 Å². The van der Waals surface area contributed by atoms with E-state index < -0.39 is 0 Å². The first-order valence-electron chi connectivity index (χ1n) is 7.33. The average molecular weight is 276 g/mol. The first kappa shape index (κ1) is 16.4. The molecule has 0 spiro atoms. The predicted molar refractivity (Wildman–Crippen MR) is 90.4 cm³/mol. The lowest BCUT2D eigenvalue weighted by molar-refractivity contribution is 0.295. The van der Waals surface area contributed by atoms with Crippen LogP contribution in [-0.2, 0) is 0 Å². The zero-order valence-corrected chi connectivity index (χ0v) is 13.9. The summed E-state index contributed by atoms with van der Waals surface area (Å²) in [6.07, 6.45) is 9.97. The molecular formula is C18H28S.